The van der Waals surface area contributed by atoms with Crippen molar-refractivity contribution in [1.82, 2.24) is 14.7 Å². The molecule has 3 saturated heterocycles. The number of aliphatic hydroxyl groups excluding tert-OH is 1. The standard InChI is InChI=1S/C61H99N3O14/c1-40-18-13-12-14-19-41(2)52(76-33-32-72-9)38-48-23-21-46(7)61(71,78-48)58(68)59(69)64-26-16-15-20-49(64)60(70)77-53(39-50(65)42(3)35-45(6)56(67)57(74-11)55(66)44(5)34-40)43(4)36-47-22-24-51(54(37-47)73-10)75-31-17-25-63-29-27-62(8)28-30-63/h12-14,18-19,35,40,42-44,46-49,51-54,56-57,67,71H,15-17,20-34,36-39H2,1-11H3/b14-12+,18-13+,41-19+,45-35+/t40-,42-,43-,44-,46-,47+,48+,49?,51-,52-,53+,54-,56-,57+,61-/m1/s1. The van der Waals surface area contributed by atoms with Crippen LogP contribution in [0.2, 0.25) is 0 Å². The van der Waals surface area contributed by atoms with Crippen LogP contribution in [0, 0.1) is 35.5 Å². The molecule has 78 heavy (non-hydrogen) atoms. The van der Waals surface area contributed by atoms with Crippen molar-refractivity contribution in [1.29, 1.82) is 0 Å². The molecule has 17 nitrogen and oxygen atoms in total. The van der Waals surface area contributed by atoms with Gasteiger partial charge in [-0.3, -0.25) is 19.2 Å². The molecule has 0 radical (unpaired) electrons. The lowest BCUT2D eigenvalue weighted by atomic mass is 9.78. The van der Waals surface area contributed by atoms with Crippen LogP contribution in [-0.4, -0.2) is 196 Å². The first kappa shape index (κ1) is 65.3. The van der Waals surface area contributed by atoms with Crippen molar-refractivity contribution in [3.63, 3.8) is 0 Å². The fraction of sp³-hybridized carbons (Fsp3) is 0.787. The molecule has 4 fully saturated rings. The number of carbonyl (C=O) groups is 5. The topological polar surface area (TPSA) is 200 Å². The molecule has 17 heteroatoms. The zero-order chi connectivity index (χ0) is 57.1. The minimum atomic E-state index is -2.46. The number of amides is 1. The van der Waals surface area contributed by atoms with Crippen LogP contribution in [0.5, 0.6) is 0 Å². The number of hydrogen-bond donors (Lipinski definition) is 2. The molecule has 442 valence electrons. The van der Waals surface area contributed by atoms with Gasteiger partial charge in [0.2, 0.25) is 5.79 Å². The maximum Gasteiger partial charge on any atom is 0.329 e. The number of esters is 1. The van der Waals surface area contributed by atoms with Crippen LogP contribution in [-0.2, 0) is 57.1 Å². The van der Waals surface area contributed by atoms with Crippen LogP contribution in [0.15, 0.2) is 47.6 Å². The van der Waals surface area contributed by atoms with Gasteiger partial charge in [-0.05, 0) is 120 Å². The third kappa shape index (κ3) is 18.8. The Kier molecular flexibility index (Phi) is 27.0. The number of ketones is 3. The molecular formula is C61H99N3O14. The lowest BCUT2D eigenvalue weighted by Crippen LogP contribution is -2.61. The molecule has 1 aliphatic carbocycles. The molecule has 0 aromatic rings. The minimum Gasteiger partial charge on any atom is -0.460 e. The lowest BCUT2D eigenvalue weighted by Gasteiger charge is -2.43. The van der Waals surface area contributed by atoms with Gasteiger partial charge in [0.1, 0.15) is 30.1 Å². The number of nitrogens with zero attached hydrogens (tertiary/aromatic N) is 3. The highest BCUT2D eigenvalue weighted by molar-refractivity contribution is 6.39. The third-order valence-corrected chi connectivity index (χ3v) is 17.3. The fourth-order valence-electron chi connectivity index (χ4n) is 12.1. The highest BCUT2D eigenvalue weighted by atomic mass is 16.6. The van der Waals surface area contributed by atoms with Crippen molar-refractivity contribution in [2.45, 2.75) is 186 Å². The number of methoxy groups -OCH3 is 3. The largest absolute Gasteiger partial charge is 0.460 e. The van der Waals surface area contributed by atoms with Crippen LogP contribution >= 0.6 is 0 Å². The number of carbonyl (C=O) groups excluding carboxylic acids is 5. The number of hydrogen-bond acceptors (Lipinski definition) is 16. The normalized spacial score (nSPS) is 37.4. The SMILES string of the molecule is COCCO[C@@H]1C[C@@H]2CC[C@@H](C)[C@@](O)(O2)C(=O)C(=O)N2CCCCC2C(=O)O[C@H]([C@H](C)C[C@@H]2CC[C@@H](OCCCN3CCN(C)CC3)[C@H](OC)C2)CC(=O)[C@H](C)/C=C(\C)[C@@H](O)[C@@H](OC)C(=O)[C@H](C)C[C@H](C)/C=C/C=C/C=C/1C. The Morgan fingerprint density at radius 1 is 0.795 bits per heavy atom. The predicted octanol–water partition coefficient (Wildman–Crippen LogP) is 6.86. The van der Waals surface area contributed by atoms with Gasteiger partial charge in [0.05, 0.1) is 37.6 Å². The quantitative estimate of drug-likeness (QED) is 0.0791. The van der Waals surface area contributed by atoms with E-state index in [1.165, 1.54) is 12.0 Å². The Morgan fingerprint density at radius 2 is 1.54 bits per heavy atom. The van der Waals surface area contributed by atoms with Crippen molar-refractivity contribution >= 4 is 29.2 Å². The van der Waals surface area contributed by atoms with Crippen molar-refractivity contribution in [3.05, 3.63) is 47.6 Å². The van der Waals surface area contributed by atoms with Crippen molar-refractivity contribution < 1.29 is 67.3 Å². The summed E-state index contributed by atoms with van der Waals surface area (Å²) in [5.74, 6) is -7.89. The van der Waals surface area contributed by atoms with E-state index in [2.05, 4.69) is 16.8 Å². The Balaban J connectivity index is 1.41. The van der Waals surface area contributed by atoms with Crippen LogP contribution in [0.1, 0.15) is 132 Å². The molecule has 5 rings (SSSR count). The van der Waals surface area contributed by atoms with E-state index in [1.807, 2.05) is 58.1 Å². The van der Waals surface area contributed by atoms with E-state index in [1.54, 1.807) is 41.1 Å². The molecule has 0 aromatic heterocycles. The summed E-state index contributed by atoms with van der Waals surface area (Å²) in [6.07, 6.45) is 13.4. The molecule has 1 saturated carbocycles. The number of ether oxygens (including phenoxy) is 7. The number of Topliss-reactive ketones (excluding diaryl/α,β-unsaturated/α-hetero) is 3. The molecule has 0 spiro atoms. The molecule has 1 unspecified atom stereocenters. The molecule has 0 aromatic carbocycles. The summed E-state index contributed by atoms with van der Waals surface area (Å²) in [4.78, 5) is 78.0. The van der Waals surface area contributed by atoms with Gasteiger partial charge in [0.25, 0.3) is 11.7 Å². The van der Waals surface area contributed by atoms with E-state index in [9.17, 15) is 34.2 Å². The average Bonchev–Trinajstić information content (AvgIpc) is 3.46. The van der Waals surface area contributed by atoms with E-state index < -0.39 is 77.8 Å². The fourth-order valence-corrected chi connectivity index (χ4v) is 12.1. The molecule has 2 N–H and O–H groups in total. The first-order valence-corrected chi connectivity index (χ1v) is 29.3. The number of allylic oxidation sites excluding steroid dienone is 6. The van der Waals surface area contributed by atoms with Gasteiger partial charge in [0.15, 0.2) is 5.78 Å². The maximum absolute atomic E-state index is 14.7. The summed E-state index contributed by atoms with van der Waals surface area (Å²) >= 11 is 0. The first-order chi connectivity index (χ1) is 37.2. The Hall–Kier alpha value is -3.49. The summed E-state index contributed by atoms with van der Waals surface area (Å²) in [7, 11) is 6.85. The number of rotatable bonds is 14. The van der Waals surface area contributed by atoms with Crippen molar-refractivity contribution in [3.8, 4) is 0 Å². The van der Waals surface area contributed by atoms with E-state index in [-0.39, 0.29) is 73.9 Å². The van der Waals surface area contributed by atoms with Crippen LogP contribution in [0.3, 0.4) is 0 Å². The Morgan fingerprint density at radius 3 is 2.24 bits per heavy atom. The van der Waals surface area contributed by atoms with Gasteiger partial charge in [-0.2, -0.15) is 0 Å². The number of piperidine rings is 1. The highest BCUT2D eigenvalue weighted by Crippen LogP contribution is 2.38. The van der Waals surface area contributed by atoms with E-state index in [0.29, 0.717) is 57.3 Å². The average molecular weight is 1100 g/mol. The minimum absolute atomic E-state index is 0.00546. The van der Waals surface area contributed by atoms with Gasteiger partial charge >= 0.3 is 5.97 Å². The van der Waals surface area contributed by atoms with Gasteiger partial charge in [-0.1, -0.05) is 71.1 Å². The van der Waals surface area contributed by atoms with Gasteiger partial charge in [-0.15, -0.1) is 0 Å². The lowest BCUT2D eigenvalue weighted by molar-refractivity contribution is -0.266. The van der Waals surface area contributed by atoms with Crippen LogP contribution in [0.25, 0.3) is 0 Å². The van der Waals surface area contributed by atoms with E-state index in [4.69, 9.17) is 33.2 Å². The van der Waals surface area contributed by atoms with E-state index in [0.717, 1.165) is 64.0 Å². The number of piperazine rings is 1. The van der Waals surface area contributed by atoms with Crippen molar-refractivity contribution in [2.24, 2.45) is 35.5 Å². The van der Waals surface area contributed by atoms with Crippen LogP contribution in [0.4, 0.5) is 0 Å². The second-order valence-electron chi connectivity index (χ2n) is 23.6. The van der Waals surface area contributed by atoms with Gasteiger partial charge < -0.3 is 58.1 Å². The smallest absolute Gasteiger partial charge is 0.329 e. The Bertz CT molecular complexity index is 2050. The Labute approximate surface area is 466 Å². The molecule has 4 heterocycles. The number of cyclic esters (lactones) is 1. The molecule has 4 aliphatic heterocycles. The molecule has 15 atom stereocenters. The van der Waals surface area contributed by atoms with Gasteiger partial charge in [-0.25, -0.2) is 4.79 Å². The number of fused-ring (bicyclic) bond motifs is 3. The predicted molar refractivity (Wildman–Crippen MR) is 298 cm³/mol. The first-order valence-electron chi connectivity index (χ1n) is 29.3. The number of aliphatic hydroxyl groups is 2. The summed E-state index contributed by atoms with van der Waals surface area (Å²) < 4.78 is 42.4. The van der Waals surface area contributed by atoms with Crippen molar-refractivity contribution in [2.75, 3.05) is 87.5 Å². The third-order valence-electron chi connectivity index (χ3n) is 17.3. The zero-order valence-corrected chi connectivity index (χ0v) is 49.2. The molecule has 5 aliphatic rings. The second-order valence-corrected chi connectivity index (χ2v) is 23.6. The van der Waals surface area contributed by atoms with E-state index >= 15 is 0 Å². The maximum atomic E-state index is 14.7. The zero-order valence-electron chi connectivity index (χ0n) is 49.2. The monoisotopic (exact) mass is 1100 g/mol. The molecule has 1 amide bonds. The van der Waals surface area contributed by atoms with Gasteiger partial charge in [0, 0.05) is 97.8 Å². The molecule has 2 bridgehead atoms. The molecular weight excluding hydrogens is 999 g/mol. The summed E-state index contributed by atoms with van der Waals surface area (Å²) in [5, 5.41) is 23.8. The summed E-state index contributed by atoms with van der Waals surface area (Å²) in [6.45, 7) is 19.5. The van der Waals surface area contributed by atoms with Crippen LogP contribution < -0.4 is 0 Å². The number of likely N-dealkylation sites (N-methyl/N-ethyl adjacent to an activating group) is 1. The summed E-state index contributed by atoms with van der Waals surface area (Å²) in [6, 6.07) is -1.14. The highest BCUT2D eigenvalue weighted by Gasteiger charge is 2.53. The second kappa shape index (κ2) is 32.2. The summed E-state index contributed by atoms with van der Waals surface area (Å²) in [5.41, 5.74) is 1.27.